The molecule has 1 heterocycles. The number of carbonyl (C=O) groups excluding carboxylic acids is 3. The van der Waals surface area contributed by atoms with E-state index in [4.69, 9.17) is 4.74 Å². The van der Waals surface area contributed by atoms with Gasteiger partial charge in [-0.3, -0.25) is 9.59 Å². The molecule has 5 nitrogen and oxygen atoms in total. The third kappa shape index (κ3) is 3.47. The van der Waals surface area contributed by atoms with E-state index in [-0.39, 0.29) is 6.54 Å². The highest BCUT2D eigenvalue weighted by Gasteiger charge is 2.38. The van der Waals surface area contributed by atoms with E-state index >= 15 is 0 Å². The van der Waals surface area contributed by atoms with Crippen molar-refractivity contribution in [2.24, 2.45) is 0 Å². The number of thioether (sulfide) groups is 1. The maximum Gasteiger partial charge on any atom is 0.328 e. The fraction of sp³-hybridized carbons (Fsp3) is 0.353. The molecule has 0 spiro atoms. The molecule has 1 unspecified atom stereocenters. The largest absolute Gasteiger partial charge is 0.467 e. The monoisotopic (exact) mass is 333 g/mol. The first-order valence-corrected chi connectivity index (χ1v) is 8.46. The Kier molecular flexibility index (Phi) is 5.60. The van der Waals surface area contributed by atoms with Crippen molar-refractivity contribution in [1.82, 2.24) is 4.90 Å². The van der Waals surface area contributed by atoms with Gasteiger partial charge in [0.05, 0.1) is 12.0 Å². The molecule has 0 fully saturated rings. The molecular weight excluding hydrogens is 314 g/mol. The van der Waals surface area contributed by atoms with Gasteiger partial charge in [0, 0.05) is 13.0 Å². The van der Waals surface area contributed by atoms with Gasteiger partial charge < -0.3 is 9.64 Å². The molecule has 2 rings (SSSR count). The second-order valence-corrected chi connectivity index (χ2v) is 5.98. The summed E-state index contributed by atoms with van der Waals surface area (Å²) < 4.78 is 4.81. The van der Waals surface area contributed by atoms with Gasteiger partial charge in [-0.2, -0.15) is 0 Å². The van der Waals surface area contributed by atoms with E-state index in [0.29, 0.717) is 11.3 Å². The van der Waals surface area contributed by atoms with Crippen LogP contribution >= 0.6 is 11.8 Å². The van der Waals surface area contributed by atoms with Gasteiger partial charge in [0.2, 0.25) is 0 Å². The second-order valence-electron chi connectivity index (χ2n) is 5.13. The standard InChI is InChI=1S/C17H19NO4S/c1-4-14(23-3)15(19)16(20)18-10-12-8-6-5-7-11(12)9-13(18)17(21)22-2/h4-8,13H,9-10H2,1-3H3/b14-4-. The molecule has 0 aromatic heterocycles. The number of amides is 1. The summed E-state index contributed by atoms with van der Waals surface area (Å²) in [5, 5.41) is 0. The molecule has 1 aromatic carbocycles. The lowest BCUT2D eigenvalue weighted by Gasteiger charge is -2.34. The van der Waals surface area contributed by atoms with E-state index in [9.17, 15) is 14.4 Å². The van der Waals surface area contributed by atoms with E-state index in [1.165, 1.54) is 23.8 Å². The highest BCUT2D eigenvalue weighted by atomic mass is 32.2. The van der Waals surface area contributed by atoms with Crippen LogP contribution in [0.15, 0.2) is 35.2 Å². The molecule has 0 saturated carbocycles. The lowest BCUT2D eigenvalue weighted by Crippen LogP contribution is -2.51. The first kappa shape index (κ1) is 17.3. The van der Waals surface area contributed by atoms with Gasteiger partial charge in [-0.25, -0.2) is 4.79 Å². The zero-order chi connectivity index (χ0) is 17.0. The van der Waals surface area contributed by atoms with Crippen LogP contribution in [-0.2, 0) is 32.1 Å². The number of ketones is 1. The molecule has 1 aliphatic rings. The average molecular weight is 333 g/mol. The van der Waals surface area contributed by atoms with Crippen LogP contribution in [0.5, 0.6) is 0 Å². The van der Waals surface area contributed by atoms with Gasteiger partial charge in [-0.05, 0) is 24.3 Å². The van der Waals surface area contributed by atoms with E-state index in [2.05, 4.69) is 0 Å². The van der Waals surface area contributed by atoms with Crippen molar-refractivity contribution in [2.75, 3.05) is 13.4 Å². The predicted molar refractivity (Wildman–Crippen MR) is 88.8 cm³/mol. The summed E-state index contributed by atoms with van der Waals surface area (Å²) in [7, 11) is 1.28. The average Bonchev–Trinajstić information content (AvgIpc) is 2.60. The van der Waals surface area contributed by atoms with Gasteiger partial charge >= 0.3 is 5.97 Å². The Morgan fingerprint density at radius 3 is 2.48 bits per heavy atom. The maximum atomic E-state index is 12.6. The van der Waals surface area contributed by atoms with Crippen LogP contribution in [0.3, 0.4) is 0 Å². The molecular formula is C17H19NO4S. The topological polar surface area (TPSA) is 63.7 Å². The molecule has 0 bridgehead atoms. The number of allylic oxidation sites excluding steroid dienone is 1. The zero-order valence-corrected chi connectivity index (χ0v) is 14.2. The summed E-state index contributed by atoms with van der Waals surface area (Å²) in [6, 6.07) is 6.82. The first-order chi connectivity index (χ1) is 11.0. The summed E-state index contributed by atoms with van der Waals surface area (Å²) >= 11 is 1.22. The second kappa shape index (κ2) is 7.46. The van der Waals surface area contributed by atoms with E-state index in [1.807, 2.05) is 24.3 Å². The van der Waals surface area contributed by atoms with Crippen molar-refractivity contribution < 1.29 is 19.1 Å². The Labute approximate surface area is 139 Å². The van der Waals surface area contributed by atoms with Crippen molar-refractivity contribution in [3.63, 3.8) is 0 Å². The highest BCUT2D eigenvalue weighted by Crippen LogP contribution is 2.25. The smallest absolute Gasteiger partial charge is 0.328 e. The van der Waals surface area contributed by atoms with Gasteiger partial charge in [0.25, 0.3) is 11.7 Å². The van der Waals surface area contributed by atoms with Crippen LogP contribution in [0.25, 0.3) is 0 Å². The zero-order valence-electron chi connectivity index (χ0n) is 13.4. The summed E-state index contributed by atoms with van der Waals surface area (Å²) in [4.78, 5) is 38.7. The molecule has 23 heavy (non-hydrogen) atoms. The molecule has 122 valence electrons. The molecule has 1 atom stereocenters. The fourth-order valence-corrected chi connectivity index (χ4v) is 3.17. The van der Waals surface area contributed by atoms with Crippen LogP contribution in [0.4, 0.5) is 0 Å². The van der Waals surface area contributed by atoms with Gasteiger partial charge in [-0.15, -0.1) is 11.8 Å². The van der Waals surface area contributed by atoms with Crippen molar-refractivity contribution >= 4 is 29.4 Å². The Hall–Kier alpha value is -2.08. The molecule has 1 amide bonds. The molecule has 6 heteroatoms. The van der Waals surface area contributed by atoms with Crippen LogP contribution in [0.1, 0.15) is 18.1 Å². The molecule has 1 aliphatic heterocycles. The number of nitrogens with zero attached hydrogens (tertiary/aromatic N) is 1. The third-order valence-electron chi connectivity index (χ3n) is 3.88. The number of fused-ring (bicyclic) bond motifs is 1. The fourth-order valence-electron chi connectivity index (χ4n) is 2.66. The molecule has 0 N–H and O–H groups in total. The van der Waals surface area contributed by atoms with Crippen LogP contribution < -0.4 is 0 Å². The van der Waals surface area contributed by atoms with Crippen LogP contribution in [-0.4, -0.2) is 42.0 Å². The van der Waals surface area contributed by atoms with Crippen LogP contribution in [0.2, 0.25) is 0 Å². The molecule has 1 aromatic rings. The van der Waals surface area contributed by atoms with E-state index < -0.39 is 23.7 Å². The van der Waals surface area contributed by atoms with Crippen molar-refractivity contribution in [1.29, 1.82) is 0 Å². The van der Waals surface area contributed by atoms with Crippen LogP contribution in [0, 0.1) is 0 Å². The summed E-state index contributed by atoms with van der Waals surface area (Å²) in [5.74, 6) is -1.77. The molecule has 0 radical (unpaired) electrons. The van der Waals surface area contributed by atoms with Crippen molar-refractivity contribution in [2.45, 2.75) is 25.9 Å². The Morgan fingerprint density at radius 1 is 1.26 bits per heavy atom. The SMILES string of the molecule is C/C=C(\SC)C(=O)C(=O)N1Cc2ccccc2CC1C(=O)OC. The quantitative estimate of drug-likeness (QED) is 0.479. The van der Waals surface area contributed by atoms with E-state index in [1.54, 1.807) is 19.3 Å². The van der Waals surface area contributed by atoms with Gasteiger partial charge in [0.1, 0.15) is 6.04 Å². The first-order valence-electron chi connectivity index (χ1n) is 7.23. The number of benzene rings is 1. The van der Waals surface area contributed by atoms with Gasteiger partial charge in [-0.1, -0.05) is 30.3 Å². The minimum atomic E-state index is -0.772. The number of carbonyl (C=O) groups is 3. The van der Waals surface area contributed by atoms with Gasteiger partial charge in [0.15, 0.2) is 0 Å². The Morgan fingerprint density at radius 2 is 1.91 bits per heavy atom. The van der Waals surface area contributed by atoms with Crippen molar-refractivity contribution in [3.8, 4) is 0 Å². The number of hydrogen-bond donors (Lipinski definition) is 0. The predicted octanol–water partition coefficient (Wildman–Crippen LogP) is 1.95. The number of rotatable bonds is 4. The molecule has 0 aliphatic carbocycles. The highest BCUT2D eigenvalue weighted by molar-refractivity contribution is 8.03. The molecule has 0 saturated heterocycles. The number of ether oxygens (including phenoxy) is 1. The Balaban J connectivity index is 2.35. The normalized spacial score (nSPS) is 17.4. The lowest BCUT2D eigenvalue weighted by molar-refractivity contribution is -0.156. The lowest BCUT2D eigenvalue weighted by atomic mass is 9.93. The minimum absolute atomic E-state index is 0.228. The van der Waals surface area contributed by atoms with Crippen molar-refractivity contribution in [3.05, 3.63) is 46.4 Å². The summed E-state index contributed by atoms with van der Waals surface area (Å²) in [6.45, 7) is 1.94. The number of methoxy groups -OCH3 is 1. The number of Topliss-reactive ketones (excluding diaryl/α,β-unsaturated/α-hetero) is 1. The number of hydrogen-bond acceptors (Lipinski definition) is 5. The summed E-state index contributed by atoms with van der Waals surface area (Å²) in [6.07, 6.45) is 3.70. The Bertz CT molecular complexity index is 668. The minimum Gasteiger partial charge on any atom is -0.467 e. The summed E-state index contributed by atoms with van der Waals surface area (Å²) in [5.41, 5.74) is 1.94. The maximum absolute atomic E-state index is 12.6. The van der Waals surface area contributed by atoms with E-state index in [0.717, 1.165) is 11.1 Å². The number of esters is 1. The third-order valence-corrected chi connectivity index (χ3v) is 4.74.